The third-order valence-corrected chi connectivity index (χ3v) is 7.04. The van der Waals surface area contributed by atoms with Gasteiger partial charge in [0.25, 0.3) is 0 Å². The number of benzene rings is 3. The molecular weight excluding hydrogens is 557 g/mol. The maximum atomic E-state index is 13.4. The van der Waals surface area contributed by atoms with Crippen molar-refractivity contribution in [3.05, 3.63) is 83.4 Å². The van der Waals surface area contributed by atoms with Crippen LogP contribution in [-0.4, -0.2) is 50.1 Å². The fourth-order valence-corrected chi connectivity index (χ4v) is 4.53. The van der Waals surface area contributed by atoms with Gasteiger partial charge < -0.3 is 15.4 Å². The summed E-state index contributed by atoms with van der Waals surface area (Å²) in [5.74, 6) is 0.899. The first-order valence-electron chi connectivity index (χ1n) is 12.7. The summed E-state index contributed by atoms with van der Waals surface area (Å²) < 4.78 is 41.4. The highest BCUT2D eigenvalue weighted by Gasteiger charge is 2.09. The SMILES string of the molecule is CS(=O)(=O)CCNCCCCONc1ccc2ncnc(Nc3ccc(OCc4cccc(F)c4)c(Cl)c3)c2c1. The molecule has 0 unspecified atom stereocenters. The van der Waals surface area contributed by atoms with E-state index in [1.165, 1.54) is 24.7 Å². The third-order valence-electron chi connectivity index (χ3n) is 5.80. The monoisotopic (exact) mass is 587 g/mol. The molecule has 0 atom stereocenters. The number of hydrogen-bond acceptors (Lipinski definition) is 9. The Hall–Kier alpha value is -3.51. The van der Waals surface area contributed by atoms with E-state index in [2.05, 4.69) is 26.1 Å². The minimum Gasteiger partial charge on any atom is -0.487 e. The number of nitrogens with one attached hydrogen (secondary N) is 3. The van der Waals surface area contributed by atoms with E-state index in [-0.39, 0.29) is 18.2 Å². The predicted octanol–water partition coefficient (Wildman–Crippen LogP) is 5.50. The lowest BCUT2D eigenvalue weighted by molar-refractivity contribution is 0.188. The van der Waals surface area contributed by atoms with E-state index in [0.717, 1.165) is 36.0 Å². The Kier molecular flexibility index (Phi) is 10.5. The molecular formula is C28H31ClFN5O4S. The van der Waals surface area contributed by atoms with E-state index >= 15 is 0 Å². The van der Waals surface area contributed by atoms with Gasteiger partial charge in [0.05, 0.1) is 28.6 Å². The molecule has 0 fully saturated rings. The summed E-state index contributed by atoms with van der Waals surface area (Å²) in [5, 5.41) is 7.58. The van der Waals surface area contributed by atoms with Crippen molar-refractivity contribution in [2.75, 3.05) is 42.5 Å². The van der Waals surface area contributed by atoms with Gasteiger partial charge in [-0.15, -0.1) is 0 Å². The average Bonchev–Trinajstić information content (AvgIpc) is 2.91. The summed E-state index contributed by atoms with van der Waals surface area (Å²) in [7, 11) is -2.94. The van der Waals surface area contributed by atoms with Gasteiger partial charge in [-0.05, 0) is 73.5 Å². The lowest BCUT2D eigenvalue weighted by Crippen LogP contribution is -2.23. The molecule has 0 aliphatic rings. The van der Waals surface area contributed by atoms with E-state index in [4.69, 9.17) is 21.2 Å². The third kappa shape index (κ3) is 9.30. The molecule has 3 aromatic carbocycles. The second kappa shape index (κ2) is 14.2. The van der Waals surface area contributed by atoms with Gasteiger partial charge in [-0.3, -0.25) is 10.3 Å². The Morgan fingerprint density at radius 1 is 0.975 bits per heavy atom. The fraction of sp³-hybridized carbons (Fsp3) is 0.286. The number of ether oxygens (including phenoxy) is 1. The molecule has 4 aromatic rings. The van der Waals surface area contributed by atoms with E-state index in [1.807, 2.05) is 24.3 Å². The second-order valence-electron chi connectivity index (χ2n) is 9.18. The van der Waals surface area contributed by atoms with Crippen LogP contribution in [0.4, 0.5) is 21.6 Å². The minimum atomic E-state index is -2.94. The minimum absolute atomic E-state index is 0.137. The van der Waals surface area contributed by atoms with Gasteiger partial charge in [-0.1, -0.05) is 23.7 Å². The highest BCUT2D eigenvalue weighted by molar-refractivity contribution is 7.90. The summed E-state index contributed by atoms with van der Waals surface area (Å²) in [4.78, 5) is 14.3. The van der Waals surface area contributed by atoms with Crippen LogP contribution in [0.5, 0.6) is 5.75 Å². The van der Waals surface area contributed by atoms with Gasteiger partial charge in [0, 0.05) is 23.9 Å². The average molecular weight is 588 g/mol. The fourth-order valence-electron chi connectivity index (χ4n) is 3.78. The van der Waals surface area contributed by atoms with E-state index < -0.39 is 9.84 Å². The van der Waals surface area contributed by atoms with Gasteiger partial charge in [-0.2, -0.15) is 0 Å². The van der Waals surface area contributed by atoms with Crippen LogP contribution in [0.1, 0.15) is 18.4 Å². The molecule has 4 rings (SSSR count). The van der Waals surface area contributed by atoms with Crippen molar-refractivity contribution in [1.82, 2.24) is 15.3 Å². The number of hydrogen-bond donors (Lipinski definition) is 3. The standard InChI is InChI=1S/C28H31ClFN5O4S/c1-40(36,37)14-12-31-11-2-3-13-39-35-23-7-9-26-24(16-23)28(33-19-32-26)34-22-8-10-27(25(29)17-22)38-18-20-5-4-6-21(30)15-20/h4-10,15-17,19,31,35H,2-3,11-14,18H2,1H3,(H,32,33,34). The van der Waals surface area contributed by atoms with Crippen LogP contribution in [0, 0.1) is 5.82 Å². The van der Waals surface area contributed by atoms with Crippen LogP contribution < -0.4 is 20.9 Å². The molecule has 0 radical (unpaired) electrons. The second-order valence-corrected chi connectivity index (χ2v) is 11.8. The predicted molar refractivity (Wildman–Crippen MR) is 156 cm³/mol. The van der Waals surface area contributed by atoms with Crippen LogP contribution in [0.15, 0.2) is 67.0 Å². The molecule has 3 N–H and O–H groups in total. The first-order chi connectivity index (χ1) is 19.3. The molecule has 12 heteroatoms. The van der Waals surface area contributed by atoms with Gasteiger partial charge in [0.2, 0.25) is 0 Å². The maximum Gasteiger partial charge on any atom is 0.148 e. The maximum absolute atomic E-state index is 13.4. The van der Waals surface area contributed by atoms with Gasteiger partial charge >= 0.3 is 0 Å². The van der Waals surface area contributed by atoms with Gasteiger partial charge in [0.1, 0.15) is 40.2 Å². The molecule has 0 saturated carbocycles. The summed E-state index contributed by atoms with van der Waals surface area (Å²) >= 11 is 6.45. The Morgan fingerprint density at radius 3 is 2.62 bits per heavy atom. The van der Waals surface area contributed by atoms with Gasteiger partial charge in [0.15, 0.2) is 0 Å². The largest absolute Gasteiger partial charge is 0.487 e. The van der Waals surface area contributed by atoms with E-state index in [1.54, 1.807) is 24.3 Å². The summed E-state index contributed by atoms with van der Waals surface area (Å²) in [5.41, 5.74) is 5.87. The molecule has 0 saturated heterocycles. The summed E-state index contributed by atoms with van der Waals surface area (Å²) in [6.45, 7) is 1.87. The van der Waals surface area contributed by atoms with Crippen LogP contribution >= 0.6 is 11.6 Å². The highest BCUT2D eigenvalue weighted by Crippen LogP contribution is 2.31. The number of anilines is 3. The normalized spacial score (nSPS) is 11.5. The number of aromatic nitrogens is 2. The zero-order valence-corrected chi connectivity index (χ0v) is 23.6. The summed E-state index contributed by atoms with van der Waals surface area (Å²) in [6, 6.07) is 17.2. The molecule has 212 valence electrons. The van der Waals surface area contributed by atoms with E-state index in [0.29, 0.717) is 41.0 Å². The van der Waals surface area contributed by atoms with E-state index in [9.17, 15) is 12.8 Å². The molecule has 0 aliphatic heterocycles. The molecule has 0 bridgehead atoms. The molecule has 9 nitrogen and oxygen atoms in total. The van der Waals surface area contributed by atoms with Crippen LogP contribution in [0.25, 0.3) is 10.9 Å². The van der Waals surface area contributed by atoms with Crippen molar-refractivity contribution in [2.45, 2.75) is 19.4 Å². The molecule has 0 aliphatic carbocycles. The molecule has 0 amide bonds. The molecule has 40 heavy (non-hydrogen) atoms. The molecule has 1 aromatic heterocycles. The van der Waals surface area contributed by atoms with Crippen molar-refractivity contribution >= 4 is 49.5 Å². The smallest absolute Gasteiger partial charge is 0.148 e. The van der Waals surface area contributed by atoms with Crippen molar-refractivity contribution < 1.29 is 22.4 Å². The van der Waals surface area contributed by atoms with Crippen molar-refractivity contribution in [1.29, 1.82) is 0 Å². The first kappa shape index (κ1) is 29.5. The Labute approximate surface area is 238 Å². The number of fused-ring (bicyclic) bond motifs is 1. The van der Waals surface area contributed by atoms with Gasteiger partial charge in [-0.25, -0.2) is 22.8 Å². The zero-order chi connectivity index (χ0) is 28.4. The number of unbranched alkanes of at least 4 members (excludes halogenated alkanes) is 1. The Bertz CT molecular complexity index is 1540. The zero-order valence-electron chi connectivity index (χ0n) is 22.0. The van der Waals surface area contributed by atoms with Crippen molar-refractivity contribution in [3.63, 3.8) is 0 Å². The van der Waals surface area contributed by atoms with Crippen LogP contribution in [0.3, 0.4) is 0 Å². The number of nitrogens with zero attached hydrogens (tertiary/aromatic N) is 2. The molecule has 0 spiro atoms. The highest BCUT2D eigenvalue weighted by atomic mass is 35.5. The van der Waals surface area contributed by atoms with Crippen molar-refractivity contribution in [3.8, 4) is 5.75 Å². The topological polar surface area (TPSA) is 114 Å². The first-order valence-corrected chi connectivity index (χ1v) is 15.2. The lowest BCUT2D eigenvalue weighted by Gasteiger charge is -2.13. The van der Waals surface area contributed by atoms with Crippen molar-refractivity contribution in [2.24, 2.45) is 0 Å². The lowest BCUT2D eigenvalue weighted by atomic mass is 10.2. The van der Waals surface area contributed by atoms with Crippen LogP contribution in [-0.2, 0) is 21.3 Å². The Balaban J connectivity index is 1.29. The Morgan fingerprint density at radius 2 is 1.82 bits per heavy atom. The number of sulfone groups is 1. The van der Waals surface area contributed by atoms with Crippen LogP contribution in [0.2, 0.25) is 5.02 Å². The molecule has 1 heterocycles. The number of halogens is 2. The number of rotatable bonds is 15. The summed E-state index contributed by atoms with van der Waals surface area (Å²) in [6.07, 6.45) is 4.39. The quantitative estimate of drug-likeness (QED) is 0.122.